The monoisotopic (exact) mass is 282 g/mol. The number of nitrogens with zero attached hydrogens (tertiary/aromatic N) is 2. The van der Waals surface area contributed by atoms with Gasteiger partial charge in [-0.05, 0) is 19.1 Å². The van der Waals surface area contributed by atoms with Crippen LogP contribution in [0.5, 0.6) is 0 Å². The van der Waals surface area contributed by atoms with Crippen molar-refractivity contribution in [3.63, 3.8) is 0 Å². The minimum Gasteiger partial charge on any atom is -0.478 e. The largest absolute Gasteiger partial charge is 0.478 e. The van der Waals surface area contributed by atoms with Crippen molar-refractivity contribution >= 4 is 29.1 Å². The van der Waals surface area contributed by atoms with Gasteiger partial charge in [-0.1, -0.05) is 0 Å². The standard InChI is InChI=1S/C12H14N2O4S/c1-8-7-19-5-4-13(8)10-3-2-9(12(15)16)6-11(10)14(17)18/h2-3,6,8H,4-5,7H2,1H3,(H,15,16). The molecule has 1 atom stereocenters. The van der Waals surface area contributed by atoms with Gasteiger partial charge in [0, 0.05) is 30.2 Å². The van der Waals surface area contributed by atoms with E-state index in [0.717, 1.165) is 24.1 Å². The fraction of sp³-hybridized carbons (Fsp3) is 0.417. The van der Waals surface area contributed by atoms with Gasteiger partial charge in [-0.2, -0.15) is 11.8 Å². The molecule has 1 aromatic carbocycles. The molecule has 1 aliphatic rings. The Kier molecular flexibility index (Phi) is 3.94. The van der Waals surface area contributed by atoms with Gasteiger partial charge in [0.05, 0.1) is 10.5 Å². The fourth-order valence-electron chi connectivity index (χ4n) is 2.13. The average Bonchev–Trinajstić information content (AvgIpc) is 2.38. The number of carboxylic acids is 1. The third-order valence-electron chi connectivity index (χ3n) is 3.10. The van der Waals surface area contributed by atoms with Gasteiger partial charge in [-0.15, -0.1) is 0 Å². The summed E-state index contributed by atoms with van der Waals surface area (Å²) in [6, 6.07) is 4.28. The lowest BCUT2D eigenvalue weighted by Crippen LogP contribution is -2.40. The van der Waals surface area contributed by atoms with Gasteiger partial charge in [0.15, 0.2) is 0 Å². The summed E-state index contributed by atoms with van der Waals surface area (Å²) >= 11 is 1.82. The van der Waals surface area contributed by atoms with E-state index in [1.165, 1.54) is 12.1 Å². The highest BCUT2D eigenvalue weighted by atomic mass is 32.2. The quantitative estimate of drug-likeness (QED) is 0.676. The Morgan fingerprint density at radius 1 is 1.58 bits per heavy atom. The number of carbonyl (C=O) groups is 1. The first-order valence-corrected chi connectivity index (χ1v) is 7.02. The van der Waals surface area contributed by atoms with Crippen molar-refractivity contribution in [3.05, 3.63) is 33.9 Å². The summed E-state index contributed by atoms with van der Waals surface area (Å²) in [6.45, 7) is 2.75. The molecule has 102 valence electrons. The third kappa shape index (κ3) is 2.81. The maximum atomic E-state index is 11.1. The molecule has 1 aliphatic heterocycles. The van der Waals surface area contributed by atoms with Gasteiger partial charge in [-0.25, -0.2) is 4.79 Å². The number of hydrogen-bond donors (Lipinski definition) is 1. The molecule has 0 spiro atoms. The predicted octanol–water partition coefficient (Wildman–Crippen LogP) is 2.23. The summed E-state index contributed by atoms with van der Waals surface area (Å²) in [7, 11) is 0. The minimum atomic E-state index is -1.16. The van der Waals surface area contributed by atoms with E-state index in [4.69, 9.17) is 5.11 Å². The number of nitro groups is 1. The first-order chi connectivity index (χ1) is 9.00. The molecule has 1 aromatic rings. The predicted molar refractivity (Wildman–Crippen MR) is 74.2 cm³/mol. The highest BCUT2D eigenvalue weighted by molar-refractivity contribution is 7.99. The van der Waals surface area contributed by atoms with Gasteiger partial charge in [0.25, 0.3) is 5.69 Å². The lowest BCUT2D eigenvalue weighted by atomic mass is 10.1. The SMILES string of the molecule is CC1CSCCN1c1ccc(C(=O)O)cc1[N+](=O)[O-]. The molecular weight excluding hydrogens is 268 g/mol. The smallest absolute Gasteiger partial charge is 0.335 e. The van der Waals surface area contributed by atoms with Crippen molar-refractivity contribution in [3.8, 4) is 0 Å². The first-order valence-electron chi connectivity index (χ1n) is 5.87. The van der Waals surface area contributed by atoms with Crippen molar-refractivity contribution in [2.45, 2.75) is 13.0 Å². The molecule has 2 rings (SSSR count). The molecular formula is C12H14N2O4S. The molecule has 1 heterocycles. The zero-order valence-corrected chi connectivity index (χ0v) is 11.2. The van der Waals surface area contributed by atoms with Gasteiger partial charge in [-0.3, -0.25) is 10.1 Å². The van der Waals surface area contributed by atoms with Gasteiger partial charge < -0.3 is 10.0 Å². The molecule has 1 N–H and O–H groups in total. The lowest BCUT2D eigenvalue weighted by Gasteiger charge is -2.34. The molecule has 7 heteroatoms. The van der Waals surface area contributed by atoms with Gasteiger partial charge >= 0.3 is 5.97 Å². The molecule has 1 saturated heterocycles. The Morgan fingerprint density at radius 3 is 2.89 bits per heavy atom. The number of benzene rings is 1. The van der Waals surface area contributed by atoms with Crippen LogP contribution in [-0.4, -0.2) is 40.1 Å². The van der Waals surface area contributed by atoms with Crippen molar-refractivity contribution in [1.29, 1.82) is 0 Å². The summed E-state index contributed by atoms with van der Waals surface area (Å²) < 4.78 is 0. The molecule has 6 nitrogen and oxygen atoms in total. The fourth-order valence-corrected chi connectivity index (χ4v) is 3.14. The summed E-state index contributed by atoms with van der Waals surface area (Å²) in [4.78, 5) is 23.5. The van der Waals surface area contributed by atoms with E-state index in [1.54, 1.807) is 0 Å². The van der Waals surface area contributed by atoms with Crippen molar-refractivity contribution in [1.82, 2.24) is 0 Å². The Labute approximate surface area is 114 Å². The van der Waals surface area contributed by atoms with E-state index in [9.17, 15) is 14.9 Å². The Balaban J connectivity index is 2.44. The topological polar surface area (TPSA) is 83.7 Å². The molecule has 0 aromatic heterocycles. The van der Waals surface area contributed by atoms with E-state index in [0.29, 0.717) is 5.69 Å². The van der Waals surface area contributed by atoms with Gasteiger partial charge in [0.1, 0.15) is 5.69 Å². The Hall–Kier alpha value is -1.76. The third-order valence-corrected chi connectivity index (χ3v) is 4.29. The summed E-state index contributed by atoms with van der Waals surface area (Å²) in [6.07, 6.45) is 0. The van der Waals surface area contributed by atoms with Crippen LogP contribution in [0.15, 0.2) is 18.2 Å². The van der Waals surface area contributed by atoms with E-state index in [1.807, 2.05) is 23.6 Å². The van der Waals surface area contributed by atoms with E-state index >= 15 is 0 Å². The number of hydrogen-bond acceptors (Lipinski definition) is 5. The molecule has 1 fully saturated rings. The molecule has 0 radical (unpaired) electrons. The second-order valence-corrected chi connectivity index (χ2v) is 5.53. The molecule has 0 amide bonds. The molecule has 0 bridgehead atoms. The van der Waals surface area contributed by atoms with Crippen LogP contribution in [0.1, 0.15) is 17.3 Å². The lowest BCUT2D eigenvalue weighted by molar-refractivity contribution is -0.384. The molecule has 1 unspecified atom stereocenters. The molecule has 19 heavy (non-hydrogen) atoms. The van der Waals surface area contributed by atoms with E-state index in [-0.39, 0.29) is 17.3 Å². The minimum absolute atomic E-state index is 0.0607. The van der Waals surface area contributed by atoms with Crippen LogP contribution in [0, 0.1) is 10.1 Å². The van der Waals surface area contributed by atoms with E-state index in [2.05, 4.69) is 0 Å². The van der Waals surface area contributed by atoms with Crippen LogP contribution >= 0.6 is 11.8 Å². The normalized spacial score (nSPS) is 19.2. The summed E-state index contributed by atoms with van der Waals surface area (Å²) in [5.41, 5.74) is 0.302. The molecule has 0 aliphatic carbocycles. The highest BCUT2D eigenvalue weighted by Gasteiger charge is 2.26. The number of anilines is 1. The Morgan fingerprint density at radius 2 is 2.32 bits per heavy atom. The number of thioether (sulfide) groups is 1. The van der Waals surface area contributed by atoms with Crippen molar-refractivity contribution in [2.75, 3.05) is 23.0 Å². The molecule has 0 saturated carbocycles. The average molecular weight is 282 g/mol. The second kappa shape index (κ2) is 5.48. The van der Waals surface area contributed by atoms with E-state index < -0.39 is 10.9 Å². The first kappa shape index (κ1) is 13.7. The number of carboxylic acid groups (broad SMARTS) is 1. The highest BCUT2D eigenvalue weighted by Crippen LogP contribution is 2.33. The number of aromatic carboxylic acids is 1. The van der Waals surface area contributed by atoms with Crippen molar-refractivity contribution in [2.24, 2.45) is 0 Å². The van der Waals surface area contributed by atoms with Gasteiger partial charge in [0.2, 0.25) is 0 Å². The van der Waals surface area contributed by atoms with Crippen LogP contribution in [0.25, 0.3) is 0 Å². The van der Waals surface area contributed by atoms with Crippen LogP contribution in [0.4, 0.5) is 11.4 Å². The number of nitro benzene ring substituents is 1. The second-order valence-electron chi connectivity index (χ2n) is 4.38. The number of rotatable bonds is 3. The maximum absolute atomic E-state index is 11.1. The maximum Gasteiger partial charge on any atom is 0.335 e. The summed E-state index contributed by atoms with van der Waals surface area (Å²) in [5.74, 6) is 0.678. The van der Waals surface area contributed by atoms with Crippen LogP contribution < -0.4 is 4.90 Å². The van der Waals surface area contributed by atoms with Crippen LogP contribution in [-0.2, 0) is 0 Å². The zero-order chi connectivity index (χ0) is 14.0. The Bertz CT molecular complexity index is 520. The van der Waals surface area contributed by atoms with Crippen molar-refractivity contribution < 1.29 is 14.8 Å². The summed E-state index contributed by atoms with van der Waals surface area (Å²) in [5, 5.41) is 20.0. The van der Waals surface area contributed by atoms with Crippen LogP contribution in [0.3, 0.4) is 0 Å². The van der Waals surface area contributed by atoms with Crippen LogP contribution in [0.2, 0.25) is 0 Å². The zero-order valence-electron chi connectivity index (χ0n) is 10.4.